The van der Waals surface area contributed by atoms with Gasteiger partial charge in [0.2, 0.25) is 5.91 Å². The normalized spacial score (nSPS) is 19.7. The number of amides is 1. The first-order chi connectivity index (χ1) is 15.2. The molecule has 0 aromatic heterocycles. The van der Waals surface area contributed by atoms with E-state index < -0.39 is 0 Å². The molecular formula is C27H34N2O2. The molecule has 1 atom stereocenters. The van der Waals surface area contributed by atoms with Crippen LogP contribution in [0.1, 0.15) is 36.8 Å². The molecule has 1 N–H and O–H groups in total. The van der Waals surface area contributed by atoms with Crippen LogP contribution in [-0.2, 0) is 17.8 Å². The molecular weight excluding hydrogens is 384 g/mol. The zero-order chi connectivity index (χ0) is 21.5. The average molecular weight is 419 g/mol. The van der Waals surface area contributed by atoms with Crippen molar-refractivity contribution < 1.29 is 9.53 Å². The minimum atomic E-state index is 0.217. The Morgan fingerprint density at radius 2 is 1.87 bits per heavy atom. The molecule has 1 amide bonds. The average Bonchev–Trinajstić information content (AvgIpc) is 3.52. The van der Waals surface area contributed by atoms with Crippen LogP contribution in [0.15, 0.2) is 67.3 Å². The van der Waals surface area contributed by atoms with Crippen LogP contribution in [0.25, 0.3) is 0 Å². The predicted octanol–water partition coefficient (Wildman–Crippen LogP) is 4.60. The van der Waals surface area contributed by atoms with Crippen molar-refractivity contribution in [3.8, 4) is 5.75 Å². The van der Waals surface area contributed by atoms with E-state index in [-0.39, 0.29) is 17.2 Å². The first-order valence-electron chi connectivity index (χ1n) is 11.6. The van der Waals surface area contributed by atoms with E-state index in [1.807, 2.05) is 18.2 Å². The lowest BCUT2D eigenvalue weighted by molar-refractivity contribution is -0.123. The van der Waals surface area contributed by atoms with Gasteiger partial charge in [0, 0.05) is 24.6 Å². The molecule has 0 bridgehead atoms. The number of ether oxygens (including phenoxy) is 1. The number of para-hydroxylation sites is 1. The van der Waals surface area contributed by atoms with Crippen LogP contribution < -0.4 is 10.1 Å². The standard InChI is InChI=1S/C27H34N2O2/c1-2-19-31-25-13-7-6-12-23(25)21-29-17-14-27(15-18-29)20-24(27)26(30)28-16-8-11-22-9-4-3-5-10-22/h2-7,9-10,12-13,24H,1,8,11,14-21H2,(H,28,30). The van der Waals surface area contributed by atoms with Crippen molar-refractivity contribution in [2.24, 2.45) is 11.3 Å². The molecule has 1 saturated carbocycles. The van der Waals surface area contributed by atoms with Crippen LogP contribution in [0.2, 0.25) is 0 Å². The number of carbonyl (C=O) groups excluding carboxylic acids is 1. The minimum absolute atomic E-state index is 0.217. The Hall–Kier alpha value is -2.59. The van der Waals surface area contributed by atoms with Crippen LogP contribution in [0.5, 0.6) is 5.75 Å². The van der Waals surface area contributed by atoms with Crippen molar-refractivity contribution in [3.63, 3.8) is 0 Å². The minimum Gasteiger partial charge on any atom is -0.489 e. The number of hydrogen-bond acceptors (Lipinski definition) is 3. The second-order valence-electron chi connectivity index (χ2n) is 8.98. The van der Waals surface area contributed by atoms with Gasteiger partial charge in [-0.05, 0) is 62.2 Å². The van der Waals surface area contributed by atoms with E-state index in [2.05, 4.69) is 53.2 Å². The summed E-state index contributed by atoms with van der Waals surface area (Å²) in [4.78, 5) is 15.2. The molecule has 4 nitrogen and oxygen atoms in total. The summed E-state index contributed by atoms with van der Waals surface area (Å²) in [7, 11) is 0. The molecule has 1 aliphatic heterocycles. The van der Waals surface area contributed by atoms with E-state index in [0.717, 1.165) is 64.0 Å². The SMILES string of the molecule is C=CCOc1ccccc1CN1CCC2(CC1)CC2C(=O)NCCCc1ccccc1. The molecule has 1 heterocycles. The second-order valence-corrected chi connectivity index (χ2v) is 8.98. The highest BCUT2D eigenvalue weighted by molar-refractivity contribution is 5.82. The number of benzene rings is 2. The van der Waals surface area contributed by atoms with Gasteiger partial charge in [-0.2, -0.15) is 0 Å². The summed E-state index contributed by atoms with van der Waals surface area (Å²) in [6.45, 7) is 8.04. The number of carbonyl (C=O) groups is 1. The highest BCUT2D eigenvalue weighted by Gasteiger charge is 2.58. The maximum Gasteiger partial charge on any atom is 0.223 e. The third-order valence-electron chi connectivity index (χ3n) is 6.87. The molecule has 4 heteroatoms. The molecule has 1 aliphatic carbocycles. The first-order valence-corrected chi connectivity index (χ1v) is 11.6. The highest BCUT2D eigenvalue weighted by atomic mass is 16.5. The van der Waals surface area contributed by atoms with Gasteiger partial charge in [0.1, 0.15) is 12.4 Å². The van der Waals surface area contributed by atoms with Crippen LogP contribution in [0.4, 0.5) is 0 Å². The van der Waals surface area contributed by atoms with Crippen LogP contribution in [-0.4, -0.2) is 37.0 Å². The number of piperidine rings is 1. The Morgan fingerprint density at radius 3 is 2.65 bits per heavy atom. The zero-order valence-electron chi connectivity index (χ0n) is 18.4. The van der Waals surface area contributed by atoms with Gasteiger partial charge in [-0.3, -0.25) is 9.69 Å². The van der Waals surface area contributed by atoms with E-state index in [4.69, 9.17) is 4.74 Å². The third kappa shape index (κ3) is 5.56. The quantitative estimate of drug-likeness (QED) is 0.453. The number of nitrogens with zero attached hydrogens (tertiary/aromatic N) is 1. The Morgan fingerprint density at radius 1 is 1.13 bits per heavy atom. The second kappa shape index (κ2) is 10.1. The first kappa shape index (κ1) is 21.6. The van der Waals surface area contributed by atoms with E-state index in [9.17, 15) is 4.79 Å². The fourth-order valence-electron chi connectivity index (χ4n) is 4.86. The van der Waals surface area contributed by atoms with E-state index >= 15 is 0 Å². The van der Waals surface area contributed by atoms with Gasteiger partial charge in [-0.15, -0.1) is 0 Å². The summed E-state index contributed by atoms with van der Waals surface area (Å²) in [6.07, 6.45) is 7.09. The highest BCUT2D eigenvalue weighted by Crippen LogP contribution is 2.59. The number of nitrogens with one attached hydrogen (secondary N) is 1. The molecule has 2 aromatic rings. The van der Waals surface area contributed by atoms with Gasteiger partial charge < -0.3 is 10.1 Å². The summed E-state index contributed by atoms with van der Waals surface area (Å²) in [5.41, 5.74) is 2.81. The lowest BCUT2D eigenvalue weighted by Gasteiger charge is -2.33. The van der Waals surface area contributed by atoms with E-state index in [1.165, 1.54) is 11.1 Å². The van der Waals surface area contributed by atoms with Crippen molar-refractivity contribution in [1.82, 2.24) is 10.2 Å². The zero-order valence-corrected chi connectivity index (χ0v) is 18.4. The Balaban J connectivity index is 1.19. The summed E-state index contributed by atoms with van der Waals surface area (Å²) in [6, 6.07) is 18.7. The largest absolute Gasteiger partial charge is 0.489 e. The lowest BCUT2D eigenvalue weighted by atomic mass is 9.90. The third-order valence-corrected chi connectivity index (χ3v) is 6.87. The Kier molecular flexibility index (Phi) is 7.08. The molecule has 2 aromatic carbocycles. The summed E-state index contributed by atoms with van der Waals surface area (Å²) >= 11 is 0. The van der Waals surface area contributed by atoms with E-state index in [1.54, 1.807) is 6.08 Å². The monoisotopic (exact) mass is 418 g/mol. The number of rotatable bonds is 10. The topological polar surface area (TPSA) is 41.6 Å². The van der Waals surface area contributed by atoms with Gasteiger partial charge in [-0.1, -0.05) is 61.2 Å². The molecule has 1 spiro atoms. The van der Waals surface area contributed by atoms with Crippen molar-refractivity contribution in [2.75, 3.05) is 26.2 Å². The van der Waals surface area contributed by atoms with Gasteiger partial charge in [-0.25, -0.2) is 0 Å². The number of aryl methyl sites for hydroxylation is 1. The summed E-state index contributed by atoms with van der Waals surface area (Å²) < 4.78 is 5.81. The molecule has 1 unspecified atom stereocenters. The Bertz CT molecular complexity index is 872. The maximum absolute atomic E-state index is 12.7. The van der Waals surface area contributed by atoms with Gasteiger partial charge in [0.15, 0.2) is 0 Å². The van der Waals surface area contributed by atoms with Crippen LogP contribution in [0, 0.1) is 11.3 Å². The van der Waals surface area contributed by atoms with Crippen molar-refractivity contribution in [2.45, 2.75) is 38.6 Å². The molecule has 2 fully saturated rings. The molecule has 1 saturated heterocycles. The van der Waals surface area contributed by atoms with Crippen molar-refractivity contribution in [3.05, 3.63) is 78.4 Å². The maximum atomic E-state index is 12.7. The summed E-state index contributed by atoms with van der Waals surface area (Å²) in [5, 5.41) is 3.19. The van der Waals surface area contributed by atoms with Gasteiger partial charge >= 0.3 is 0 Å². The van der Waals surface area contributed by atoms with Crippen LogP contribution >= 0.6 is 0 Å². The van der Waals surface area contributed by atoms with Crippen molar-refractivity contribution in [1.29, 1.82) is 0 Å². The van der Waals surface area contributed by atoms with Crippen molar-refractivity contribution >= 4 is 5.91 Å². The molecule has 164 valence electrons. The molecule has 31 heavy (non-hydrogen) atoms. The van der Waals surface area contributed by atoms with E-state index in [0.29, 0.717) is 6.61 Å². The summed E-state index contributed by atoms with van der Waals surface area (Å²) in [5.74, 6) is 1.43. The fourth-order valence-corrected chi connectivity index (χ4v) is 4.86. The number of hydrogen-bond donors (Lipinski definition) is 1. The fraction of sp³-hybridized carbons (Fsp3) is 0.444. The lowest BCUT2D eigenvalue weighted by Crippen LogP contribution is -2.37. The van der Waals surface area contributed by atoms with Crippen LogP contribution in [0.3, 0.4) is 0 Å². The Labute approximate surface area is 186 Å². The molecule has 4 rings (SSSR count). The smallest absolute Gasteiger partial charge is 0.223 e. The number of likely N-dealkylation sites (tertiary alicyclic amines) is 1. The molecule has 0 radical (unpaired) electrons. The van der Waals surface area contributed by atoms with Gasteiger partial charge in [0.25, 0.3) is 0 Å². The molecule has 2 aliphatic rings. The van der Waals surface area contributed by atoms with Gasteiger partial charge in [0.05, 0.1) is 0 Å². The predicted molar refractivity (Wildman–Crippen MR) is 125 cm³/mol.